The third-order valence-electron chi connectivity index (χ3n) is 2.37. The molecule has 7 heteroatoms. The largest absolute Gasteiger partial charge is 0.435 e. The Kier molecular flexibility index (Phi) is 6.06. The summed E-state index contributed by atoms with van der Waals surface area (Å²) in [6.07, 6.45) is 2.95. The number of ether oxygens (including phenoxy) is 1. The first-order valence-electron chi connectivity index (χ1n) is 5.63. The molecule has 0 saturated heterocycles. The van der Waals surface area contributed by atoms with Crippen molar-refractivity contribution in [3.8, 4) is 6.07 Å². The van der Waals surface area contributed by atoms with E-state index in [0.717, 1.165) is 0 Å². The Hall–Kier alpha value is -2.20. The highest BCUT2D eigenvalue weighted by Gasteiger charge is 2.12. The Morgan fingerprint density at radius 2 is 2.24 bits per heavy atom. The maximum Gasteiger partial charge on any atom is 0.387 e. The lowest BCUT2D eigenvalue weighted by Crippen LogP contribution is -2.22. The number of allylic oxidation sites excluding steroid dienone is 2. The molecule has 0 aliphatic carbocycles. The molecule has 0 amide bonds. The zero-order valence-electron chi connectivity index (χ0n) is 10.8. The molecule has 1 heterocycles. The normalized spacial score (nSPS) is 12.3. The van der Waals surface area contributed by atoms with Crippen molar-refractivity contribution in [1.29, 1.82) is 5.26 Å². The Bertz CT molecular complexity index is 729. The number of carbonyl (C=O) groups is 1. The summed E-state index contributed by atoms with van der Waals surface area (Å²) in [6.45, 7) is 3.70. The quantitative estimate of drug-likeness (QED) is 0.278. The Balaban J connectivity index is 3.31. The second-order valence-corrected chi connectivity index (χ2v) is 4.47. The number of alkyl halides is 3. The van der Waals surface area contributed by atoms with Gasteiger partial charge in [0, 0.05) is 15.9 Å². The minimum Gasteiger partial charge on any atom is -0.435 e. The highest BCUT2D eigenvalue weighted by Crippen LogP contribution is 2.04. The summed E-state index contributed by atoms with van der Waals surface area (Å²) < 4.78 is 28.3. The van der Waals surface area contributed by atoms with Crippen LogP contribution < -0.4 is 10.6 Å². The Morgan fingerprint density at radius 1 is 1.57 bits per heavy atom. The standard InChI is InChI=1S/C14H11BrF2N2O2/c1-8(7-18)13(20)12-6-10(11(19-12)3-4-15)5-9(2)21-14(16)17/h3,5-6,14,19H,1-2,4H2/b10-5-,11-3+. The molecule has 1 rings (SSSR count). The number of Topliss-reactive ketones (excluding diaryl/α,β-unsaturated/α-hetero) is 1. The summed E-state index contributed by atoms with van der Waals surface area (Å²) in [5.74, 6) is -0.812. The first-order chi connectivity index (χ1) is 9.88. The Labute approximate surface area is 127 Å². The molecule has 4 nitrogen and oxygen atoms in total. The van der Waals surface area contributed by atoms with Crippen LogP contribution in [0.15, 0.2) is 30.6 Å². The van der Waals surface area contributed by atoms with Crippen LogP contribution in [0.2, 0.25) is 0 Å². The minimum atomic E-state index is -2.98. The molecule has 0 bridgehead atoms. The van der Waals surface area contributed by atoms with Gasteiger partial charge in [-0.3, -0.25) is 4.79 Å². The molecule has 0 radical (unpaired) electrons. The van der Waals surface area contributed by atoms with Crippen LogP contribution in [0.5, 0.6) is 0 Å². The number of hydrogen-bond acceptors (Lipinski definition) is 3. The van der Waals surface area contributed by atoms with Gasteiger partial charge in [-0.05, 0) is 18.2 Å². The van der Waals surface area contributed by atoms with E-state index in [1.165, 1.54) is 12.1 Å². The van der Waals surface area contributed by atoms with Crippen molar-refractivity contribution in [3.63, 3.8) is 0 Å². The van der Waals surface area contributed by atoms with Gasteiger partial charge in [-0.25, -0.2) is 0 Å². The molecule has 0 aromatic carbocycles. The molecule has 1 N–H and O–H groups in total. The molecule has 21 heavy (non-hydrogen) atoms. The van der Waals surface area contributed by atoms with Crippen molar-refractivity contribution in [3.05, 3.63) is 46.8 Å². The van der Waals surface area contributed by atoms with Gasteiger partial charge < -0.3 is 9.72 Å². The third kappa shape index (κ3) is 4.68. The number of nitrogens with one attached hydrogen (secondary N) is 1. The maximum absolute atomic E-state index is 12.1. The number of nitriles is 1. The lowest BCUT2D eigenvalue weighted by Gasteiger charge is -2.01. The highest BCUT2D eigenvalue weighted by molar-refractivity contribution is 9.09. The predicted octanol–water partition coefficient (Wildman–Crippen LogP) is 1.99. The fourth-order valence-electron chi connectivity index (χ4n) is 1.51. The number of ketones is 1. The minimum absolute atomic E-state index is 0.129. The van der Waals surface area contributed by atoms with Crippen molar-refractivity contribution >= 4 is 33.9 Å². The van der Waals surface area contributed by atoms with E-state index >= 15 is 0 Å². The van der Waals surface area contributed by atoms with Crippen molar-refractivity contribution in [1.82, 2.24) is 4.98 Å². The molecule has 0 fully saturated rings. The van der Waals surface area contributed by atoms with Crippen LogP contribution in [0.4, 0.5) is 8.78 Å². The van der Waals surface area contributed by atoms with Crippen LogP contribution in [0, 0.1) is 11.3 Å². The number of H-pyrrole nitrogens is 1. The van der Waals surface area contributed by atoms with Crippen LogP contribution in [-0.4, -0.2) is 22.7 Å². The lowest BCUT2D eigenvalue weighted by atomic mass is 10.1. The van der Waals surface area contributed by atoms with Gasteiger partial charge >= 0.3 is 6.61 Å². The van der Waals surface area contributed by atoms with E-state index in [1.54, 1.807) is 12.1 Å². The van der Waals surface area contributed by atoms with E-state index in [9.17, 15) is 13.6 Å². The van der Waals surface area contributed by atoms with E-state index in [0.29, 0.717) is 15.9 Å². The smallest absolute Gasteiger partial charge is 0.387 e. The Morgan fingerprint density at radius 3 is 2.76 bits per heavy atom. The number of halogens is 3. The molecule has 0 aliphatic heterocycles. The van der Waals surface area contributed by atoms with E-state index in [4.69, 9.17) is 5.26 Å². The predicted molar refractivity (Wildman–Crippen MR) is 78.1 cm³/mol. The van der Waals surface area contributed by atoms with Gasteiger partial charge in [0.25, 0.3) is 0 Å². The SMILES string of the molecule is C=C(/C=c1/cc(C(=O)C(=C)C#N)[nH]/c1=C/CBr)OC(F)F. The summed E-state index contributed by atoms with van der Waals surface area (Å²) in [4.78, 5) is 14.6. The number of nitrogens with zero attached hydrogens (tertiary/aromatic N) is 1. The van der Waals surface area contributed by atoms with Crippen molar-refractivity contribution in [2.75, 3.05) is 5.33 Å². The zero-order valence-corrected chi connectivity index (χ0v) is 12.4. The molecule has 0 atom stereocenters. The second kappa shape index (κ2) is 7.55. The molecule has 1 aromatic rings. The second-order valence-electron chi connectivity index (χ2n) is 3.82. The maximum atomic E-state index is 12.1. The molecular formula is C14H11BrF2N2O2. The van der Waals surface area contributed by atoms with Gasteiger partial charge in [0.1, 0.15) is 11.8 Å². The third-order valence-corrected chi connectivity index (χ3v) is 2.70. The van der Waals surface area contributed by atoms with Crippen LogP contribution in [0.1, 0.15) is 10.5 Å². The summed E-state index contributed by atoms with van der Waals surface area (Å²) in [5.41, 5.74) is -0.0966. The number of rotatable bonds is 6. The first-order valence-corrected chi connectivity index (χ1v) is 6.75. The van der Waals surface area contributed by atoms with Gasteiger partial charge in [0.15, 0.2) is 0 Å². The molecule has 0 aliphatic rings. The van der Waals surface area contributed by atoms with Crippen molar-refractivity contribution in [2.45, 2.75) is 6.61 Å². The van der Waals surface area contributed by atoms with E-state index < -0.39 is 12.4 Å². The number of aromatic amines is 1. The average Bonchev–Trinajstić information content (AvgIpc) is 2.79. The van der Waals surface area contributed by atoms with Gasteiger partial charge in [0.2, 0.25) is 5.78 Å². The molecular weight excluding hydrogens is 346 g/mol. The van der Waals surface area contributed by atoms with Gasteiger partial charge in [-0.15, -0.1) is 0 Å². The van der Waals surface area contributed by atoms with Crippen molar-refractivity contribution in [2.24, 2.45) is 0 Å². The van der Waals surface area contributed by atoms with Gasteiger partial charge in [-0.2, -0.15) is 14.0 Å². The van der Waals surface area contributed by atoms with Gasteiger partial charge in [0.05, 0.1) is 11.3 Å². The number of aromatic nitrogens is 1. The summed E-state index contributed by atoms with van der Waals surface area (Å²) in [5, 5.41) is 10.1. The molecule has 0 spiro atoms. The summed E-state index contributed by atoms with van der Waals surface area (Å²) in [6, 6.07) is 3.07. The van der Waals surface area contributed by atoms with Crippen LogP contribution in [0.25, 0.3) is 12.2 Å². The summed E-state index contributed by atoms with van der Waals surface area (Å²) >= 11 is 3.20. The zero-order chi connectivity index (χ0) is 16.0. The fourth-order valence-corrected chi connectivity index (χ4v) is 1.83. The molecule has 0 unspecified atom stereocenters. The molecule has 0 saturated carbocycles. The van der Waals surface area contributed by atoms with Crippen molar-refractivity contribution < 1.29 is 18.3 Å². The van der Waals surface area contributed by atoms with Crippen LogP contribution in [-0.2, 0) is 4.74 Å². The monoisotopic (exact) mass is 356 g/mol. The first kappa shape index (κ1) is 16.9. The van der Waals surface area contributed by atoms with Crippen LogP contribution in [0.3, 0.4) is 0 Å². The van der Waals surface area contributed by atoms with E-state index in [2.05, 4.69) is 38.8 Å². The lowest BCUT2D eigenvalue weighted by molar-refractivity contribution is -0.0898. The van der Waals surface area contributed by atoms with E-state index in [1.807, 2.05) is 0 Å². The average molecular weight is 357 g/mol. The highest BCUT2D eigenvalue weighted by atomic mass is 79.9. The number of carbonyl (C=O) groups excluding carboxylic acids is 1. The topological polar surface area (TPSA) is 65.9 Å². The molecule has 110 valence electrons. The van der Waals surface area contributed by atoms with Gasteiger partial charge in [-0.1, -0.05) is 29.1 Å². The fraction of sp³-hybridized carbons (Fsp3) is 0.143. The molecule has 1 aromatic heterocycles. The van der Waals surface area contributed by atoms with Crippen LogP contribution >= 0.6 is 15.9 Å². The number of hydrogen-bond donors (Lipinski definition) is 1. The summed E-state index contributed by atoms with van der Waals surface area (Å²) in [7, 11) is 0. The van der Waals surface area contributed by atoms with E-state index in [-0.39, 0.29) is 17.0 Å².